The van der Waals surface area contributed by atoms with E-state index in [0.29, 0.717) is 10.9 Å². The van der Waals surface area contributed by atoms with Gasteiger partial charge < -0.3 is 0 Å². The maximum absolute atomic E-state index is 12.3. The van der Waals surface area contributed by atoms with Gasteiger partial charge in [0.1, 0.15) is 0 Å². The van der Waals surface area contributed by atoms with Gasteiger partial charge in [0.15, 0.2) is 0 Å². The molecule has 2 aromatic rings. The van der Waals surface area contributed by atoms with Crippen molar-refractivity contribution in [3.8, 4) is 0 Å². The Kier molecular flexibility index (Phi) is 4.78. The number of sulfonamides is 1. The lowest BCUT2D eigenvalue weighted by Crippen LogP contribution is -2.34. The summed E-state index contributed by atoms with van der Waals surface area (Å²) < 4.78 is 27.8. The molecule has 0 bridgehead atoms. The summed E-state index contributed by atoms with van der Waals surface area (Å²) in [7, 11) is -3.49. The van der Waals surface area contributed by atoms with Crippen LogP contribution in [0, 0.1) is 0 Å². The Hall–Kier alpha value is -0.690. The molecule has 1 heterocycles. The van der Waals surface area contributed by atoms with Gasteiger partial charge in [-0.05, 0) is 52.9 Å². The van der Waals surface area contributed by atoms with Crippen LogP contribution in [0.3, 0.4) is 0 Å². The number of benzene rings is 1. The summed E-state index contributed by atoms with van der Waals surface area (Å²) in [5.74, 6) is 0. The van der Waals surface area contributed by atoms with Crippen molar-refractivity contribution in [2.24, 2.45) is 0 Å². The molecular weight excluding hydrogens is 346 g/mol. The predicted octanol–water partition coefficient (Wildman–Crippen LogP) is 3.42. The lowest BCUT2D eigenvalue weighted by atomic mass is 10.2. The van der Waals surface area contributed by atoms with E-state index >= 15 is 0 Å². The Balaban J connectivity index is 2.11. The van der Waals surface area contributed by atoms with Crippen LogP contribution in [-0.2, 0) is 16.4 Å². The molecule has 0 amide bonds. The van der Waals surface area contributed by atoms with Gasteiger partial charge in [0.25, 0.3) is 0 Å². The standard InChI is InChI=1S/C13H14BrNO2S2/c1-10(9-11-5-4-8-18-11)15-19(16,17)13-7-3-2-6-12(13)14/h2-8,10,15H,9H2,1H3. The first kappa shape index (κ1) is 14.7. The summed E-state index contributed by atoms with van der Waals surface area (Å²) in [6, 6.07) is 10.6. The van der Waals surface area contributed by atoms with E-state index < -0.39 is 10.0 Å². The normalized spacial score (nSPS) is 13.4. The fourth-order valence-corrected chi connectivity index (χ4v) is 4.85. The largest absolute Gasteiger partial charge is 0.241 e. The van der Waals surface area contributed by atoms with E-state index in [1.54, 1.807) is 35.6 Å². The van der Waals surface area contributed by atoms with Crippen LogP contribution in [0.4, 0.5) is 0 Å². The Morgan fingerprint density at radius 3 is 2.63 bits per heavy atom. The quantitative estimate of drug-likeness (QED) is 0.888. The minimum absolute atomic E-state index is 0.143. The zero-order chi connectivity index (χ0) is 13.9. The summed E-state index contributed by atoms with van der Waals surface area (Å²) in [5, 5.41) is 1.99. The Bertz CT molecular complexity index is 638. The summed E-state index contributed by atoms with van der Waals surface area (Å²) in [5.41, 5.74) is 0. The van der Waals surface area contributed by atoms with Crippen molar-refractivity contribution in [2.45, 2.75) is 24.3 Å². The minimum atomic E-state index is -3.49. The molecule has 0 aliphatic carbocycles. The molecule has 0 spiro atoms. The third kappa shape index (κ3) is 3.89. The van der Waals surface area contributed by atoms with Crippen LogP contribution in [0.1, 0.15) is 11.8 Å². The number of nitrogens with one attached hydrogen (secondary N) is 1. The fourth-order valence-electron chi connectivity index (χ4n) is 1.76. The Morgan fingerprint density at radius 2 is 2.00 bits per heavy atom. The second-order valence-corrected chi connectivity index (χ2v) is 7.81. The molecule has 6 heteroatoms. The van der Waals surface area contributed by atoms with Crippen molar-refractivity contribution < 1.29 is 8.42 Å². The third-order valence-corrected chi connectivity index (χ3v) is 6.07. The number of halogens is 1. The molecule has 1 aromatic carbocycles. The van der Waals surface area contributed by atoms with Gasteiger partial charge in [-0.1, -0.05) is 18.2 Å². The minimum Gasteiger partial charge on any atom is -0.208 e. The molecule has 0 radical (unpaired) electrons. The van der Waals surface area contributed by atoms with E-state index in [2.05, 4.69) is 20.7 Å². The fraction of sp³-hybridized carbons (Fsp3) is 0.231. The molecule has 0 fully saturated rings. The molecule has 1 aromatic heterocycles. The molecular formula is C13H14BrNO2S2. The van der Waals surface area contributed by atoms with Gasteiger partial charge in [0, 0.05) is 15.4 Å². The van der Waals surface area contributed by atoms with Crippen molar-refractivity contribution >= 4 is 37.3 Å². The van der Waals surface area contributed by atoms with Gasteiger partial charge in [-0.15, -0.1) is 11.3 Å². The third-order valence-electron chi connectivity index (χ3n) is 2.57. The maximum Gasteiger partial charge on any atom is 0.241 e. The van der Waals surface area contributed by atoms with Crippen molar-refractivity contribution in [1.82, 2.24) is 4.72 Å². The first-order valence-corrected chi connectivity index (χ1v) is 8.94. The van der Waals surface area contributed by atoms with Crippen LogP contribution in [0.5, 0.6) is 0 Å². The van der Waals surface area contributed by atoms with Gasteiger partial charge in [-0.3, -0.25) is 0 Å². The molecule has 0 saturated carbocycles. The second-order valence-electron chi connectivity index (χ2n) is 4.24. The summed E-state index contributed by atoms with van der Waals surface area (Å²) in [4.78, 5) is 1.44. The van der Waals surface area contributed by atoms with Crippen molar-refractivity contribution in [1.29, 1.82) is 0 Å². The zero-order valence-corrected chi connectivity index (χ0v) is 13.6. The SMILES string of the molecule is CC(Cc1cccs1)NS(=O)(=O)c1ccccc1Br. The Labute approximate surface area is 125 Å². The van der Waals surface area contributed by atoms with E-state index in [4.69, 9.17) is 0 Å². The average Bonchev–Trinajstić information content (AvgIpc) is 2.81. The van der Waals surface area contributed by atoms with Crippen LogP contribution in [0.15, 0.2) is 51.1 Å². The summed E-state index contributed by atoms with van der Waals surface area (Å²) in [6.45, 7) is 1.87. The average molecular weight is 360 g/mol. The number of hydrogen-bond donors (Lipinski definition) is 1. The van der Waals surface area contributed by atoms with Gasteiger partial charge >= 0.3 is 0 Å². The van der Waals surface area contributed by atoms with Crippen LogP contribution < -0.4 is 4.72 Å². The van der Waals surface area contributed by atoms with E-state index in [-0.39, 0.29) is 10.9 Å². The molecule has 19 heavy (non-hydrogen) atoms. The monoisotopic (exact) mass is 359 g/mol. The zero-order valence-electron chi connectivity index (χ0n) is 10.3. The van der Waals surface area contributed by atoms with Crippen LogP contribution >= 0.6 is 27.3 Å². The highest BCUT2D eigenvalue weighted by atomic mass is 79.9. The molecule has 2 rings (SSSR count). The number of rotatable bonds is 5. The van der Waals surface area contributed by atoms with Gasteiger partial charge in [-0.2, -0.15) is 0 Å². The summed E-state index contributed by atoms with van der Waals surface area (Å²) >= 11 is 4.90. The molecule has 1 N–H and O–H groups in total. The highest BCUT2D eigenvalue weighted by Gasteiger charge is 2.19. The predicted molar refractivity (Wildman–Crippen MR) is 81.9 cm³/mol. The van der Waals surface area contributed by atoms with Gasteiger partial charge in [0.2, 0.25) is 10.0 Å². The molecule has 102 valence electrons. The second kappa shape index (κ2) is 6.17. The molecule has 3 nitrogen and oxygen atoms in total. The summed E-state index contributed by atoms with van der Waals surface area (Å²) in [6.07, 6.45) is 0.696. The number of hydrogen-bond acceptors (Lipinski definition) is 3. The van der Waals surface area contributed by atoms with E-state index in [1.807, 2.05) is 24.4 Å². The highest BCUT2D eigenvalue weighted by Crippen LogP contribution is 2.21. The topological polar surface area (TPSA) is 46.2 Å². The lowest BCUT2D eigenvalue weighted by molar-refractivity contribution is 0.560. The first-order chi connectivity index (χ1) is 8.99. The van der Waals surface area contributed by atoms with E-state index in [0.717, 1.165) is 0 Å². The van der Waals surface area contributed by atoms with Crippen LogP contribution in [0.25, 0.3) is 0 Å². The van der Waals surface area contributed by atoms with Crippen LogP contribution in [0.2, 0.25) is 0 Å². The van der Waals surface area contributed by atoms with E-state index in [9.17, 15) is 8.42 Å². The molecule has 1 unspecified atom stereocenters. The smallest absolute Gasteiger partial charge is 0.208 e. The Morgan fingerprint density at radius 1 is 1.26 bits per heavy atom. The van der Waals surface area contributed by atoms with Crippen molar-refractivity contribution in [3.63, 3.8) is 0 Å². The van der Waals surface area contributed by atoms with E-state index in [1.165, 1.54) is 4.88 Å². The maximum atomic E-state index is 12.3. The number of thiophene rings is 1. The lowest BCUT2D eigenvalue weighted by Gasteiger charge is -2.14. The molecule has 1 atom stereocenters. The molecule has 0 aliphatic heterocycles. The molecule has 0 saturated heterocycles. The highest BCUT2D eigenvalue weighted by molar-refractivity contribution is 9.10. The van der Waals surface area contributed by atoms with Gasteiger partial charge in [0.05, 0.1) is 4.90 Å². The molecule has 0 aliphatic rings. The van der Waals surface area contributed by atoms with Crippen molar-refractivity contribution in [2.75, 3.05) is 0 Å². The van der Waals surface area contributed by atoms with Gasteiger partial charge in [-0.25, -0.2) is 13.1 Å². The first-order valence-electron chi connectivity index (χ1n) is 5.78. The van der Waals surface area contributed by atoms with Crippen molar-refractivity contribution in [3.05, 3.63) is 51.1 Å². The van der Waals surface area contributed by atoms with Crippen LogP contribution in [-0.4, -0.2) is 14.5 Å².